The van der Waals surface area contributed by atoms with Gasteiger partial charge in [0.2, 0.25) is 0 Å². The average molecular weight is 330 g/mol. The fraction of sp³-hybridized carbons (Fsp3) is 0.533. The zero-order valence-corrected chi connectivity index (χ0v) is 14.2. The van der Waals surface area contributed by atoms with Gasteiger partial charge in [-0.15, -0.1) is 0 Å². The molecule has 1 rings (SSSR count). The summed E-state index contributed by atoms with van der Waals surface area (Å²) >= 11 is 0. The number of rotatable bonds is 6. The van der Waals surface area contributed by atoms with Crippen LogP contribution in [0.15, 0.2) is 24.3 Å². The Morgan fingerprint density at radius 1 is 1.27 bits per heavy atom. The van der Waals surface area contributed by atoms with Gasteiger partial charge in [0.05, 0.1) is 11.8 Å². The average Bonchev–Trinajstić information content (AvgIpc) is 2.37. The third kappa shape index (κ3) is 5.63. The zero-order valence-electron chi connectivity index (χ0n) is 13.3. The van der Waals surface area contributed by atoms with E-state index in [0.717, 1.165) is 11.8 Å². The first-order valence-corrected chi connectivity index (χ1v) is 9.20. The third-order valence-electron chi connectivity index (χ3n) is 3.39. The number of carbonyl (C=O) groups is 1. The van der Waals surface area contributed by atoms with Crippen LogP contribution in [0.25, 0.3) is 0 Å². The van der Waals surface area contributed by atoms with Gasteiger partial charge in [-0.05, 0) is 38.5 Å². The van der Waals surface area contributed by atoms with Crippen LogP contribution in [0, 0.1) is 5.82 Å². The molecule has 22 heavy (non-hydrogen) atoms. The van der Waals surface area contributed by atoms with Crippen LogP contribution in [0.3, 0.4) is 0 Å². The second-order valence-electron chi connectivity index (χ2n) is 5.45. The fourth-order valence-electron chi connectivity index (χ4n) is 2.29. The number of sulfone groups is 1. The Kier molecular flexibility index (Phi) is 6.34. The Morgan fingerprint density at radius 3 is 2.27 bits per heavy atom. The molecule has 0 aromatic heterocycles. The van der Waals surface area contributed by atoms with Crippen LogP contribution in [0.5, 0.6) is 0 Å². The van der Waals surface area contributed by atoms with E-state index < -0.39 is 15.9 Å². The standard InChI is InChI=1S/C15H23FN2O3S/c1-5-18(11(2)10-22(4,20)21)15(19)17-12(3)13-6-8-14(16)9-7-13/h6-9,11-12H,5,10H2,1-4H3,(H,17,19). The van der Waals surface area contributed by atoms with Crippen molar-refractivity contribution in [2.75, 3.05) is 18.6 Å². The topological polar surface area (TPSA) is 66.5 Å². The van der Waals surface area contributed by atoms with E-state index in [0.29, 0.717) is 6.54 Å². The molecule has 7 heteroatoms. The molecule has 124 valence electrons. The minimum Gasteiger partial charge on any atom is -0.331 e. The Labute approximate surface area is 131 Å². The predicted molar refractivity (Wildman–Crippen MR) is 84.9 cm³/mol. The molecule has 2 unspecified atom stereocenters. The van der Waals surface area contributed by atoms with Crippen LogP contribution in [0.2, 0.25) is 0 Å². The smallest absolute Gasteiger partial charge is 0.318 e. The fourth-order valence-corrected chi connectivity index (χ4v) is 3.34. The maximum atomic E-state index is 12.9. The number of urea groups is 1. The molecule has 5 nitrogen and oxygen atoms in total. The van der Waals surface area contributed by atoms with E-state index in [-0.39, 0.29) is 23.6 Å². The van der Waals surface area contributed by atoms with Crippen LogP contribution >= 0.6 is 0 Å². The second kappa shape index (κ2) is 7.58. The summed E-state index contributed by atoms with van der Waals surface area (Å²) in [6.07, 6.45) is 1.15. The quantitative estimate of drug-likeness (QED) is 0.871. The minimum absolute atomic E-state index is 0.0841. The summed E-state index contributed by atoms with van der Waals surface area (Å²) in [5.41, 5.74) is 0.779. The van der Waals surface area contributed by atoms with Gasteiger partial charge >= 0.3 is 6.03 Å². The van der Waals surface area contributed by atoms with Crippen molar-refractivity contribution in [3.63, 3.8) is 0 Å². The molecule has 0 heterocycles. The number of nitrogens with zero attached hydrogens (tertiary/aromatic N) is 1. The summed E-state index contributed by atoms with van der Waals surface area (Å²) < 4.78 is 35.6. The number of carbonyl (C=O) groups excluding carboxylic acids is 1. The van der Waals surface area contributed by atoms with Gasteiger partial charge < -0.3 is 10.2 Å². The van der Waals surface area contributed by atoms with Gasteiger partial charge in [0.25, 0.3) is 0 Å². The maximum Gasteiger partial charge on any atom is 0.318 e. The van der Waals surface area contributed by atoms with E-state index in [1.54, 1.807) is 32.9 Å². The molecule has 0 saturated carbocycles. The minimum atomic E-state index is -3.16. The molecule has 0 bridgehead atoms. The van der Waals surface area contributed by atoms with Gasteiger partial charge in [-0.3, -0.25) is 0 Å². The number of halogens is 1. The largest absolute Gasteiger partial charge is 0.331 e. The van der Waals surface area contributed by atoms with E-state index in [2.05, 4.69) is 5.32 Å². The van der Waals surface area contributed by atoms with Crippen molar-refractivity contribution in [3.05, 3.63) is 35.6 Å². The molecule has 0 fully saturated rings. The molecule has 0 spiro atoms. The molecule has 0 aliphatic heterocycles. The van der Waals surface area contributed by atoms with E-state index in [9.17, 15) is 17.6 Å². The number of amides is 2. The van der Waals surface area contributed by atoms with Gasteiger partial charge in [-0.1, -0.05) is 12.1 Å². The van der Waals surface area contributed by atoms with Gasteiger partial charge in [-0.25, -0.2) is 17.6 Å². The number of nitrogens with one attached hydrogen (secondary N) is 1. The van der Waals surface area contributed by atoms with Crippen molar-refractivity contribution in [3.8, 4) is 0 Å². The van der Waals surface area contributed by atoms with Gasteiger partial charge in [0, 0.05) is 18.8 Å². The molecule has 2 atom stereocenters. The summed E-state index contributed by atoms with van der Waals surface area (Å²) in [7, 11) is -3.16. The van der Waals surface area contributed by atoms with Crippen molar-refractivity contribution in [2.24, 2.45) is 0 Å². The molecule has 0 aliphatic carbocycles. The predicted octanol–water partition coefficient (Wildman–Crippen LogP) is 2.35. The first-order valence-electron chi connectivity index (χ1n) is 7.14. The molecule has 1 aromatic carbocycles. The first-order chi connectivity index (χ1) is 10.1. The lowest BCUT2D eigenvalue weighted by Gasteiger charge is -2.29. The summed E-state index contributed by atoms with van der Waals surface area (Å²) in [5, 5.41) is 2.80. The molecule has 0 saturated heterocycles. The molecule has 1 N–H and O–H groups in total. The molecular weight excluding hydrogens is 307 g/mol. The third-order valence-corrected chi connectivity index (χ3v) is 4.48. The van der Waals surface area contributed by atoms with Crippen molar-refractivity contribution >= 4 is 15.9 Å². The number of benzene rings is 1. The van der Waals surface area contributed by atoms with Crippen LogP contribution in [0.4, 0.5) is 9.18 Å². The first kappa shape index (κ1) is 18.4. The van der Waals surface area contributed by atoms with Crippen molar-refractivity contribution in [1.82, 2.24) is 10.2 Å². The summed E-state index contributed by atoms with van der Waals surface area (Å²) in [6.45, 7) is 5.69. The Hall–Kier alpha value is -1.63. The summed E-state index contributed by atoms with van der Waals surface area (Å²) in [6, 6.07) is 4.83. The lowest BCUT2D eigenvalue weighted by Crippen LogP contribution is -2.47. The van der Waals surface area contributed by atoms with Crippen molar-refractivity contribution in [2.45, 2.75) is 32.9 Å². The summed E-state index contributed by atoms with van der Waals surface area (Å²) in [5.74, 6) is -0.418. The molecule has 0 aliphatic rings. The summed E-state index contributed by atoms with van der Waals surface area (Å²) in [4.78, 5) is 13.8. The van der Waals surface area contributed by atoms with Crippen LogP contribution < -0.4 is 5.32 Å². The van der Waals surface area contributed by atoms with Gasteiger partial charge in [0.1, 0.15) is 15.7 Å². The SMILES string of the molecule is CCN(C(=O)NC(C)c1ccc(F)cc1)C(C)CS(C)(=O)=O. The van der Waals surface area contributed by atoms with Crippen molar-refractivity contribution < 1.29 is 17.6 Å². The maximum absolute atomic E-state index is 12.9. The second-order valence-corrected chi connectivity index (χ2v) is 7.64. The highest BCUT2D eigenvalue weighted by molar-refractivity contribution is 7.90. The van der Waals surface area contributed by atoms with Gasteiger partial charge in [0.15, 0.2) is 0 Å². The molecule has 0 radical (unpaired) electrons. The Morgan fingerprint density at radius 2 is 1.82 bits per heavy atom. The van der Waals surface area contributed by atoms with Crippen LogP contribution in [-0.4, -0.2) is 43.9 Å². The van der Waals surface area contributed by atoms with E-state index in [1.165, 1.54) is 17.0 Å². The van der Waals surface area contributed by atoms with E-state index in [4.69, 9.17) is 0 Å². The Balaban J connectivity index is 2.74. The highest BCUT2D eigenvalue weighted by atomic mass is 32.2. The van der Waals surface area contributed by atoms with E-state index >= 15 is 0 Å². The monoisotopic (exact) mass is 330 g/mol. The lowest BCUT2D eigenvalue weighted by atomic mass is 10.1. The molecule has 2 amide bonds. The van der Waals surface area contributed by atoms with Crippen LogP contribution in [0.1, 0.15) is 32.4 Å². The highest BCUT2D eigenvalue weighted by Crippen LogP contribution is 2.14. The van der Waals surface area contributed by atoms with Crippen molar-refractivity contribution in [1.29, 1.82) is 0 Å². The van der Waals surface area contributed by atoms with Gasteiger partial charge in [-0.2, -0.15) is 0 Å². The zero-order chi connectivity index (χ0) is 16.9. The normalized spacial score (nSPS) is 14.2. The lowest BCUT2D eigenvalue weighted by molar-refractivity contribution is 0.184. The molecular formula is C15H23FN2O3S. The molecule has 1 aromatic rings. The van der Waals surface area contributed by atoms with Crippen LogP contribution in [-0.2, 0) is 9.84 Å². The van der Waals surface area contributed by atoms with E-state index in [1.807, 2.05) is 0 Å². The number of hydrogen-bond donors (Lipinski definition) is 1. The Bertz CT molecular complexity index is 602. The number of hydrogen-bond acceptors (Lipinski definition) is 3. The highest BCUT2D eigenvalue weighted by Gasteiger charge is 2.23.